The number of non-ortho nitro benzene ring substituents is 2. The van der Waals surface area contributed by atoms with E-state index < -0.39 is 31.9 Å². The maximum Gasteiger partial charge on any atom is 0.284 e. The number of nitro groups is 3. The smallest absolute Gasteiger partial charge is 0.284 e. The molecule has 40 heavy (non-hydrogen) atoms. The number of benzene rings is 5. The van der Waals surface area contributed by atoms with Crippen LogP contribution in [0.4, 0.5) is 17.1 Å². The van der Waals surface area contributed by atoms with Gasteiger partial charge in [0, 0.05) is 39.4 Å². The van der Waals surface area contributed by atoms with Crippen molar-refractivity contribution in [3.63, 3.8) is 0 Å². The Bertz CT molecular complexity index is 1930. The SMILES string of the molecule is O=C1c2cc([N+](=O)[O-])cc(Br)c2-c2c1cc([N+](=O)[O-])cc2[N+](=O)[O-].c1ccc2c(c1)-c1cccc3cccc-2c13. The van der Waals surface area contributed by atoms with Crippen LogP contribution < -0.4 is 0 Å². The summed E-state index contributed by atoms with van der Waals surface area (Å²) in [5.41, 5.74) is 3.58. The second-order valence-electron chi connectivity index (χ2n) is 9.09. The fourth-order valence-electron chi connectivity index (χ4n) is 5.32. The number of hydrogen-bond donors (Lipinski definition) is 0. The van der Waals surface area contributed by atoms with E-state index in [4.69, 9.17) is 0 Å². The summed E-state index contributed by atoms with van der Waals surface area (Å²) in [7, 11) is 0. The number of halogens is 1. The van der Waals surface area contributed by atoms with Crippen LogP contribution in [0.2, 0.25) is 0 Å². The Morgan fingerprint density at radius 3 is 1.57 bits per heavy atom. The van der Waals surface area contributed by atoms with E-state index in [0.29, 0.717) is 0 Å². The van der Waals surface area contributed by atoms with Crippen molar-refractivity contribution >= 4 is 49.5 Å². The first kappa shape index (κ1) is 25.0. The molecule has 0 saturated carbocycles. The molecule has 0 atom stereocenters. The van der Waals surface area contributed by atoms with Gasteiger partial charge in [0.1, 0.15) is 0 Å². The predicted octanol–water partition coefficient (Wildman–Crippen LogP) is 7.87. The van der Waals surface area contributed by atoms with Gasteiger partial charge in [-0.25, -0.2) is 0 Å². The molecule has 0 aliphatic heterocycles. The van der Waals surface area contributed by atoms with E-state index >= 15 is 0 Å². The number of nitrogens with zero attached hydrogens (tertiary/aromatic N) is 3. The molecule has 5 aromatic carbocycles. The molecule has 10 nitrogen and oxygen atoms in total. The third-order valence-corrected chi connectivity index (χ3v) is 7.57. The molecule has 2 aliphatic rings. The van der Waals surface area contributed by atoms with E-state index in [1.165, 1.54) is 33.0 Å². The molecule has 2 aliphatic carbocycles. The maximum absolute atomic E-state index is 12.5. The van der Waals surface area contributed by atoms with E-state index in [-0.39, 0.29) is 32.4 Å². The van der Waals surface area contributed by atoms with Crippen LogP contribution in [-0.4, -0.2) is 20.6 Å². The Morgan fingerprint density at radius 1 is 0.550 bits per heavy atom. The van der Waals surface area contributed by atoms with Crippen LogP contribution in [0.25, 0.3) is 44.2 Å². The molecular formula is C29H14BrN3O7. The fraction of sp³-hybridized carbons (Fsp3) is 0. The van der Waals surface area contributed by atoms with Crippen molar-refractivity contribution < 1.29 is 19.6 Å². The van der Waals surface area contributed by atoms with Gasteiger partial charge >= 0.3 is 0 Å². The van der Waals surface area contributed by atoms with Gasteiger partial charge in [-0.2, -0.15) is 0 Å². The lowest BCUT2D eigenvalue weighted by molar-refractivity contribution is -0.393. The van der Waals surface area contributed by atoms with Gasteiger partial charge in [-0.1, -0.05) is 60.7 Å². The van der Waals surface area contributed by atoms with Crippen LogP contribution in [0.3, 0.4) is 0 Å². The average molecular weight is 596 g/mol. The van der Waals surface area contributed by atoms with E-state index in [1.807, 2.05) is 0 Å². The van der Waals surface area contributed by atoms with Gasteiger partial charge in [0.15, 0.2) is 5.78 Å². The molecule has 0 N–H and O–H groups in total. The molecule has 0 unspecified atom stereocenters. The third kappa shape index (κ3) is 3.75. The number of carbonyl (C=O) groups excluding carboxylic acids is 1. The molecule has 0 fully saturated rings. The zero-order chi connectivity index (χ0) is 28.3. The van der Waals surface area contributed by atoms with E-state index in [1.54, 1.807) is 0 Å². The van der Waals surface area contributed by atoms with Gasteiger partial charge in [0.25, 0.3) is 17.1 Å². The lowest BCUT2D eigenvalue weighted by atomic mass is 10.0. The zero-order valence-corrected chi connectivity index (χ0v) is 21.7. The summed E-state index contributed by atoms with van der Waals surface area (Å²) in [6.07, 6.45) is 0. The molecular weight excluding hydrogens is 582 g/mol. The summed E-state index contributed by atoms with van der Waals surface area (Å²) in [6, 6.07) is 25.6. The Labute approximate surface area is 233 Å². The van der Waals surface area contributed by atoms with Crippen LogP contribution in [0.1, 0.15) is 15.9 Å². The molecule has 0 spiro atoms. The molecule has 0 aromatic heterocycles. The summed E-state index contributed by atoms with van der Waals surface area (Å²) in [5.74, 6) is -0.740. The molecule has 0 saturated heterocycles. The minimum atomic E-state index is -0.846. The molecule has 7 rings (SSSR count). The average Bonchev–Trinajstić information content (AvgIpc) is 3.42. The summed E-state index contributed by atoms with van der Waals surface area (Å²) >= 11 is 3.08. The topological polar surface area (TPSA) is 146 Å². The Balaban J connectivity index is 0.000000155. The Morgan fingerprint density at radius 2 is 1.05 bits per heavy atom. The summed E-state index contributed by atoms with van der Waals surface area (Å²) < 4.78 is 0.121. The predicted molar refractivity (Wildman–Crippen MR) is 151 cm³/mol. The van der Waals surface area contributed by atoms with Crippen LogP contribution in [0.5, 0.6) is 0 Å². The molecule has 11 heteroatoms. The van der Waals surface area contributed by atoms with Crippen molar-refractivity contribution in [2.75, 3.05) is 0 Å². The quantitative estimate of drug-likeness (QED) is 0.149. The van der Waals surface area contributed by atoms with Crippen LogP contribution in [0, 0.1) is 30.3 Å². The van der Waals surface area contributed by atoms with Crippen molar-refractivity contribution in [3.05, 3.63) is 131 Å². The summed E-state index contributed by atoms with van der Waals surface area (Å²) in [5, 5.41) is 35.9. The minimum absolute atomic E-state index is 0.0904. The molecule has 0 radical (unpaired) electrons. The van der Waals surface area contributed by atoms with Gasteiger partial charge in [-0.15, -0.1) is 0 Å². The van der Waals surface area contributed by atoms with Gasteiger partial charge < -0.3 is 0 Å². The first-order chi connectivity index (χ1) is 19.2. The largest absolute Gasteiger partial charge is 0.289 e. The number of hydrogen-bond acceptors (Lipinski definition) is 7. The first-order valence-corrected chi connectivity index (χ1v) is 12.6. The van der Waals surface area contributed by atoms with Gasteiger partial charge in [-0.3, -0.25) is 35.1 Å². The third-order valence-electron chi connectivity index (χ3n) is 6.95. The second-order valence-corrected chi connectivity index (χ2v) is 9.95. The van der Waals surface area contributed by atoms with E-state index in [9.17, 15) is 35.1 Å². The van der Waals surface area contributed by atoms with Crippen molar-refractivity contribution in [3.8, 4) is 33.4 Å². The number of ketones is 1. The normalized spacial score (nSPS) is 11.8. The van der Waals surface area contributed by atoms with Gasteiger partial charge in [-0.05, 0) is 49.0 Å². The second kappa shape index (κ2) is 9.17. The molecule has 0 heterocycles. The highest BCUT2D eigenvalue weighted by atomic mass is 79.9. The Hall–Kier alpha value is -5.29. The summed E-state index contributed by atoms with van der Waals surface area (Å²) in [4.78, 5) is 43.2. The van der Waals surface area contributed by atoms with Crippen LogP contribution in [-0.2, 0) is 0 Å². The highest BCUT2D eigenvalue weighted by Crippen LogP contribution is 2.49. The lowest BCUT2D eigenvalue weighted by Gasteiger charge is -2.04. The standard InChI is InChI=1S/C16H10.C13H4BrN3O7/c1-2-8-13-12(7-1)14-9-3-5-11-6-4-10-15(13)16(11)14;14-9-3-5(15(19)20)1-7-11(9)12-8(13(7)18)2-6(16(21)22)4-10(12)17(23)24/h1-10H;1-4H. The van der Waals surface area contributed by atoms with Gasteiger partial charge in [0.2, 0.25) is 0 Å². The zero-order valence-electron chi connectivity index (χ0n) is 20.2. The maximum atomic E-state index is 12.5. The number of fused-ring (bicyclic) bond motifs is 6. The number of rotatable bonds is 3. The summed E-state index contributed by atoms with van der Waals surface area (Å²) in [6.45, 7) is 0. The van der Waals surface area contributed by atoms with Crippen LogP contribution in [0.15, 0.2) is 89.4 Å². The molecule has 5 aromatic rings. The molecule has 194 valence electrons. The lowest BCUT2D eigenvalue weighted by Crippen LogP contribution is -2.00. The highest BCUT2D eigenvalue weighted by molar-refractivity contribution is 9.10. The minimum Gasteiger partial charge on any atom is -0.289 e. The van der Waals surface area contributed by atoms with Gasteiger partial charge in [0.05, 0.1) is 26.4 Å². The van der Waals surface area contributed by atoms with Crippen molar-refractivity contribution in [1.29, 1.82) is 0 Å². The Kier molecular flexibility index (Phi) is 5.74. The molecule has 0 bridgehead atoms. The van der Waals surface area contributed by atoms with Crippen molar-refractivity contribution in [1.82, 2.24) is 0 Å². The number of carbonyl (C=O) groups is 1. The van der Waals surface area contributed by atoms with E-state index in [0.717, 1.165) is 24.3 Å². The molecule has 0 amide bonds. The van der Waals surface area contributed by atoms with Crippen molar-refractivity contribution in [2.24, 2.45) is 0 Å². The highest BCUT2D eigenvalue weighted by Gasteiger charge is 2.38. The van der Waals surface area contributed by atoms with E-state index in [2.05, 4.69) is 76.6 Å². The fourth-order valence-corrected chi connectivity index (χ4v) is 5.97. The first-order valence-electron chi connectivity index (χ1n) is 11.8. The van der Waals surface area contributed by atoms with Crippen LogP contribution >= 0.6 is 15.9 Å². The monoisotopic (exact) mass is 595 g/mol. The van der Waals surface area contributed by atoms with Crippen molar-refractivity contribution in [2.45, 2.75) is 0 Å². The number of nitro benzene ring substituents is 3.